The smallest absolute Gasteiger partial charge is 0.323 e. The van der Waals surface area contributed by atoms with Gasteiger partial charge in [0.15, 0.2) is 5.96 Å². The van der Waals surface area contributed by atoms with Crippen LogP contribution < -0.4 is 5.32 Å². The van der Waals surface area contributed by atoms with Crippen molar-refractivity contribution in [3.8, 4) is 0 Å². The zero-order chi connectivity index (χ0) is 12.6. The van der Waals surface area contributed by atoms with Crippen molar-refractivity contribution in [3.05, 3.63) is 0 Å². The van der Waals surface area contributed by atoms with Crippen molar-refractivity contribution < 1.29 is 14.7 Å². The summed E-state index contributed by atoms with van der Waals surface area (Å²) in [6.45, 7) is 1.56. The van der Waals surface area contributed by atoms with E-state index in [1.54, 1.807) is 0 Å². The molecule has 92 valence electrons. The molecule has 0 aromatic carbocycles. The standard InChI is InChI=1S/C10H19N3O3/c1-3-4-5-6-8(14)13(7-9(15)16)10(11)12-2/h3-7H2,1-2H3,(H2,11,12)(H,15,16). The molecule has 1 amide bonds. The van der Waals surface area contributed by atoms with Crippen LogP contribution in [0.5, 0.6) is 0 Å². The molecule has 0 unspecified atom stereocenters. The lowest BCUT2D eigenvalue weighted by atomic mass is 10.2. The first-order valence-corrected chi connectivity index (χ1v) is 5.31. The van der Waals surface area contributed by atoms with Gasteiger partial charge >= 0.3 is 5.97 Å². The lowest BCUT2D eigenvalue weighted by Crippen LogP contribution is -2.45. The minimum absolute atomic E-state index is 0.177. The van der Waals surface area contributed by atoms with E-state index in [2.05, 4.69) is 5.32 Å². The molecule has 0 aliphatic rings. The maximum atomic E-state index is 11.6. The number of aliphatic carboxylic acids is 1. The van der Waals surface area contributed by atoms with E-state index >= 15 is 0 Å². The third kappa shape index (κ3) is 5.33. The highest BCUT2D eigenvalue weighted by Crippen LogP contribution is 2.03. The molecule has 0 bridgehead atoms. The Kier molecular flexibility index (Phi) is 6.91. The van der Waals surface area contributed by atoms with Crippen LogP contribution in [-0.4, -0.2) is 41.4 Å². The van der Waals surface area contributed by atoms with Crippen molar-refractivity contribution in [3.63, 3.8) is 0 Å². The van der Waals surface area contributed by atoms with Crippen LogP contribution in [0.25, 0.3) is 0 Å². The highest BCUT2D eigenvalue weighted by atomic mass is 16.4. The molecule has 6 nitrogen and oxygen atoms in total. The number of amides is 1. The van der Waals surface area contributed by atoms with Crippen molar-refractivity contribution >= 4 is 17.8 Å². The molecule has 0 aromatic rings. The molecule has 0 aromatic heterocycles. The molecule has 0 atom stereocenters. The lowest BCUT2D eigenvalue weighted by molar-refractivity contribution is -0.141. The number of unbranched alkanes of at least 4 members (excludes halogenated alkanes) is 2. The van der Waals surface area contributed by atoms with Crippen LogP contribution in [0.1, 0.15) is 32.6 Å². The van der Waals surface area contributed by atoms with Crippen molar-refractivity contribution in [2.75, 3.05) is 13.6 Å². The SMILES string of the molecule is CCCCCC(=O)N(CC(=O)O)C(=N)NC. The van der Waals surface area contributed by atoms with E-state index in [0.717, 1.165) is 24.2 Å². The van der Waals surface area contributed by atoms with Crippen molar-refractivity contribution in [1.29, 1.82) is 5.41 Å². The zero-order valence-corrected chi connectivity index (χ0v) is 9.75. The normalized spacial score (nSPS) is 9.62. The molecular weight excluding hydrogens is 210 g/mol. The Morgan fingerprint density at radius 1 is 1.38 bits per heavy atom. The maximum absolute atomic E-state index is 11.6. The van der Waals surface area contributed by atoms with Crippen LogP contribution in [0, 0.1) is 5.41 Å². The van der Waals surface area contributed by atoms with E-state index in [1.165, 1.54) is 7.05 Å². The average Bonchev–Trinajstić information content (AvgIpc) is 2.24. The molecule has 0 saturated carbocycles. The van der Waals surface area contributed by atoms with Gasteiger partial charge in [-0.3, -0.25) is 19.9 Å². The van der Waals surface area contributed by atoms with Gasteiger partial charge in [-0.25, -0.2) is 0 Å². The van der Waals surface area contributed by atoms with Crippen molar-refractivity contribution in [2.45, 2.75) is 32.6 Å². The molecular formula is C10H19N3O3. The molecule has 3 N–H and O–H groups in total. The van der Waals surface area contributed by atoms with Crippen LogP contribution in [0.4, 0.5) is 0 Å². The summed E-state index contributed by atoms with van der Waals surface area (Å²) in [5.74, 6) is -1.62. The topological polar surface area (TPSA) is 93.5 Å². The molecule has 0 fully saturated rings. The Balaban J connectivity index is 4.32. The number of rotatable bonds is 6. The van der Waals surface area contributed by atoms with Gasteiger partial charge in [0.25, 0.3) is 0 Å². The van der Waals surface area contributed by atoms with Gasteiger partial charge < -0.3 is 10.4 Å². The van der Waals surface area contributed by atoms with Crippen molar-refractivity contribution in [2.24, 2.45) is 0 Å². The third-order valence-corrected chi connectivity index (χ3v) is 2.10. The minimum atomic E-state index is -1.12. The van der Waals surface area contributed by atoms with Gasteiger partial charge in [0.1, 0.15) is 6.54 Å². The average molecular weight is 229 g/mol. The van der Waals surface area contributed by atoms with Gasteiger partial charge in [-0.2, -0.15) is 0 Å². The molecule has 0 radical (unpaired) electrons. The summed E-state index contributed by atoms with van der Waals surface area (Å²) < 4.78 is 0. The molecule has 0 rings (SSSR count). The molecule has 0 aliphatic carbocycles. The largest absolute Gasteiger partial charge is 0.480 e. The predicted octanol–water partition coefficient (Wildman–Crippen LogP) is 0.634. The summed E-state index contributed by atoms with van der Waals surface area (Å²) >= 11 is 0. The number of nitrogens with one attached hydrogen (secondary N) is 2. The van der Waals surface area contributed by atoms with Gasteiger partial charge in [0, 0.05) is 13.5 Å². The molecule has 0 heterocycles. The number of carbonyl (C=O) groups excluding carboxylic acids is 1. The second-order valence-corrected chi connectivity index (χ2v) is 3.43. The van der Waals surface area contributed by atoms with Gasteiger partial charge in [-0.05, 0) is 6.42 Å². The van der Waals surface area contributed by atoms with E-state index in [0.29, 0.717) is 0 Å². The first-order valence-electron chi connectivity index (χ1n) is 5.31. The van der Waals surface area contributed by atoms with E-state index in [9.17, 15) is 9.59 Å². The second kappa shape index (κ2) is 7.67. The Bertz CT molecular complexity index is 266. The molecule has 0 saturated heterocycles. The number of guanidine groups is 1. The van der Waals surface area contributed by atoms with Gasteiger partial charge in [-0.15, -0.1) is 0 Å². The highest BCUT2D eigenvalue weighted by molar-refractivity contribution is 5.98. The summed E-state index contributed by atoms with van der Waals surface area (Å²) in [4.78, 5) is 23.1. The number of carboxylic acid groups (broad SMARTS) is 1. The first kappa shape index (κ1) is 14.4. The third-order valence-electron chi connectivity index (χ3n) is 2.10. The predicted molar refractivity (Wildman–Crippen MR) is 60.3 cm³/mol. The van der Waals surface area contributed by atoms with Crippen LogP contribution in [-0.2, 0) is 9.59 Å². The fraction of sp³-hybridized carbons (Fsp3) is 0.700. The Morgan fingerprint density at radius 2 is 2.00 bits per heavy atom. The Morgan fingerprint density at radius 3 is 2.44 bits per heavy atom. The van der Waals surface area contributed by atoms with Crippen molar-refractivity contribution in [1.82, 2.24) is 10.2 Å². The van der Waals surface area contributed by atoms with E-state index in [-0.39, 0.29) is 18.3 Å². The Labute approximate surface area is 95.1 Å². The van der Waals surface area contributed by atoms with Gasteiger partial charge in [0.2, 0.25) is 5.91 Å². The first-order chi connectivity index (χ1) is 7.52. The van der Waals surface area contributed by atoms with Gasteiger partial charge in [-0.1, -0.05) is 19.8 Å². The summed E-state index contributed by atoms with van der Waals surface area (Å²) in [5.41, 5.74) is 0. The number of hydrogen-bond donors (Lipinski definition) is 3. The number of carbonyl (C=O) groups is 2. The Hall–Kier alpha value is -1.59. The number of carboxylic acids is 1. The number of nitrogens with zero attached hydrogens (tertiary/aromatic N) is 1. The zero-order valence-electron chi connectivity index (χ0n) is 9.75. The second-order valence-electron chi connectivity index (χ2n) is 3.43. The number of hydrogen-bond acceptors (Lipinski definition) is 3. The van der Waals surface area contributed by atoms with Crippen LogP contribution in [0.15, 0.2) is 0 Å². The minimum Gasteiger partial charge on any atom is -0.480 e. The van der Waals surface area contributed by atoms with Crippen LogP contribution in [0.3, 0.4) is 0 Å². The molecule has 16 heavy (non-hydrogen) atoms. The molecule has 0 spiro atoms. The monoisotopic (exact) mass is 229 g/mol. The molecule has 6 heteroatoms. The fourth-order valence-electron chi connectivity index (χ4n) is 1.22. The quantitative estimate of drug-likeness (QED) is 0.354. The summed E-state index contributed by atoms with van der Waals surface area (Å²) in [6.07, 6.45) is 2.93. The van der Waals surface area contributed by atoms with E-state index in [4.69, 9.17) is 10.5 Å². The van der Waals surface area contributed by atoms with Crippen LogP contribution in [0.2, 0.25) is 0 Å². The summed E-state index contributed by atoms with van der Waals surface area (Å²) in [7, 11) is 1.48. The maximum Gasteiger partial charge on any atom is 0.323 e. The fourth-order valence-corrected chi connectivity index (χ4v) is 1.22. The van der Waals surface area contributed by atoms with E-state index < -0.39 is 12.5 Å². The van der Waals surface area contributed by atoms with Crippen LogP contribution >= 0.6 is 0 Å². The molecule has 0 aliphatic heterocycles. The highest BCUT2D eigenvalue weighted by Gasteiger charge is 2.19. The summed E-state index contributed by atoms with van der Waals surface area (Å²) in [5, 5.41) is 18.5. The summed E-state index contributed by atoms with van der Waals surface area (Å²) in [6, 6.07) is 0. The van der Waals surface area contributed by atoms with Gasteiger partial charge in [0.05, 0.1) is 0 Å². The van der Waals surface area contributed by atoms with E-state index in [1.807, 2.05) is 6.92 Å². The lowest BCUT2D eigenvalue weighted by Gasteiger charge is -2.20.